The molecule has 2 rings (SSSR count). The van der Waals surface area contributed by atoms with E-state index in [0.717, 1.165) is 17.9 Å². The predicted octanol–water partition coefficient (Wildman–Crippen LogP) is 5.14. The lowest BCUT2D eigenvalue weighted by Gasteiger charge is -2.28. The summed E-state index contributed by atoms with van der Waals surface area (Å²) in [6, 6.07) is 10.2. The van der Waals surface area contributed by atoms with Crippen molar-refractivity contribution in [3.63, 3.8) is 0 Å². The molecule has 2 heteroatoms. The van der Waals surface area contributed by atoms with Crippen LogP contribution in [0.3, 0.4) is 0 Å². The van der Waals surface area contributed by atoms with Crippen LogP contribution < -0.4 is 0 Å². The largest absolute Gasteiger partial charge is 0.247 e. The molecule has 20 heavy (non-hydrogen) atoms. The lowest BCUT2D eigenvalue weighted by Crippen LogP contribution is -2.13. The van der Waals surface area contributed by atoms with Gasteiger partial charge >= 0.3 is 0 Å². The third-order valence-corrected chi connectivity index (χ3v) is 4.36. The fourth-order valence-electron chi connectivity index (χ4n) is 3.13. The van der Waals surface area contributed by atoms with Crippen molar-refractivity contribution in [1.29, 1.82) is 5.26 Å². The molecular formula is C18H22FN. The Morgan fingerprint density at radius 1 is 1.10 bits per heavy atom. The average molecular weight is 271 g/mol. The molecule has 0 amide bonds. The van der Waals surface area contributed by atoms with E-state index in [1.165, 1.54) is 37.7 Å². The summed E-state index contributed by atoms with van der Waals surface area (Å²) in [6.45, 7) is -0.342. The van der Waals surface area contributed by atoms with Gasteiger partial charge in [-0.1, -0.05) is 24.3 Å². The topological polar surface area (TPSA) is 23.8 Å². The van der Waals surface area contributed by atoms with Crippen molar-refractivity contribution >= 4 is 0 Å². The molecule has 1 aromatic carbocycles. The number of nitrogens with zero attached hydrogens (tertiary/aromatic N) is 1. The summed E-state index contributed by atoms with van der Waals surface area (Å²) in [5, 5.41) is 8.82. The van der Waals surface area contributed by atoms with Crippen LogP contribution in [0.1, 0.15) is 55.6 Å². The van der Waals surface area contributed by atoms with Crippen LogP contribution >= 0.6 is 0 Å². The third kappa shape index (κ3) is 4.20. The summed E-state index contributed by atoms with van der Waals surface area (Å²) >= 11 is 0. The zero-order chi connectivity index (χ0) is 14.2. The number of halogens is 1. The number of alkyl halides is 1. The molecule has 1 fully saturated rings. The van der Waals surface area contributed by atoms with Gasteiger partial charge in [-0.2, -0.15) is 5.26 Å². The van der Waals surface area contributed by atoms with Gasteiger partial charge in [-0.3, -0.25) is 0 Å². The molecule has 106 valence electrons. The quantitative estimate of drug-likeness (QED) is 0.680. The SMILES string of the molecule is N#Cc1ccc(C2CCC(CCC=CCF)CC2)cc1. The summed E-state index contributed by atoms with van der Waals surface area (Å²) in [6.07, 6.45) is 10.8. The Labute approximate surface area is 121 Å². The van der Waals surface area contributed by atoms with Crippen molar-refractivity contribution in [2.45, 2.75) is 44.4 Å². The summed E-state index contributed by atoms with van der Waals surface area (Å²) in [4.78, 5) is 0. The van der Waals surface area contributed by atoms with Crippen LogP contribution in [0.25, 0.3) is 0 Å². The molecular weight excluding hydrogens is 249 g/mol. The lowest BCUT2D eigenvalue weighted by atomic mass is 9.77. The molecule has 0 aromatic heterocycles. The van der Waals surface area contributed by atoms with Gasteiger partial charge in [-0.15, -0.1) is 0 Å². The van der Waals surface area contributed by atoms with Crippen molar-refractivity contribution in [3.8, 4) is 6.07 Å². The number of hydrogen-bond donors (Lipinski definition) is 0. The minimum absolute atomic E-state index is 0.342. The van der Waals surface area contributed by atoms with Crippen LogP contribution in [0.4, 0.5) is 4.39 Å². The van der Waals surface area contributed by atoms with E-state index in [4.69, 9.17) is 5.26 Å². The molecule has 0 unspecified atom stereocenters. The highest BCUT2D eigenvalue weighted by Gasteiger charge is 2.21. The van der Waals surface area contributed by atoms with Gasteiger partial charge in [-0.05, 0) is 68.1 Å². The molecule has 0 N–H and O–H groups in total. The zero-order valence-corrected chi connectivity index (χ0v) is 11.9. The Morgan fingerprint density at radius 3 is 2.40 bits per heavy atom. The second-order valence-electron chi connectivity index (χ2n) is 5.65. The number of nitriles is 1. The molecule has 0 radical (unpaired) electrons. The molecule has 1 nitrogen and oxygen atoms in total. The van der Waals surface area contributed by atoms with E-state index >= 15 is 0 Å². The van der Waals surface area contributed by atoms with E-state index in [0.29, 0.717) is 5.92 Å². The van der Waals surface area contributed by atoms with E-state index in [2.05, 4.69) is 18.2 Å². The first-order chi connectivity index (χ1) is 9.83. The standard InChI is InChI=1S/C18H22FN/c19-13-3-1-2-4-15-5-9-17(10-6-15)18-11-7-16(14-20)8-12-18/h1,3,7-8,11-12,15,17H,2,4-6,9-10,13H2. The zero-order valence-electron chi connectivity index (χ0n) is 11.9. The van der Waals surface area contributed by atoms with Gasteiger partial charge < -0.3 is 0 Å². The molecule has 1 saturated carbocycles. The maximum Gasteiger partial charge on any atom is 0.108 e. The van der Waals surface area contributed by atoms with E-state index in [9.17, 15) is 4.39 Å². The van der Waals surface area contributed by atoms with Gasteiger partial charge in [0.25, 0.3) is 0 Å². The number of benzene rings is 1. The Bertz CT molecular complexity index is 461. The molecule has 1 aromatic rings. The molecule has 1 aliphatic rings. The lowest BCUT2D eigenvalue weighted by molar-refractivity contribution is 0.312. The van der Waals surface area contributed by atoms with Crippen molar-refractivity contribution in [2.75, 3.05) is 6.67 Å². The number of hydrogen-bond acceptors (Lipinski definition) is 1. The van der Waals surface area contributed by atoms with E-state index in [-0.39, 0.29) is 6.67 Å². The smallest absolute Gasteiger partial charge is 0.108 e. The summed E-state index contributed by atoms with van der Waals surface area (Å²) < 4.78 is 11.9. The Morgan fingerprint density at radius 2 is 1.80 bits per heavy atom. The van der Waals surface area contributed by atoms with Crippen molar-refractivity contribution in [3.05, 3.63) is 47.5 Å². The van der Waals surface area contributed by atoms with Gasteiger partial charge in [0.1, 0.15) is 6.67 Å². The van der Waals surface area contributed by atoms with Crippen molar-refractivity contribution in [1.82, 2.24) is 0 Å². The fraction of sp³-hybridized carbons (Fsp3) is 0.500. The van der Waals surface area contributed by atoms with Crippen LogP contribution in [0.2, 0.25) is 0 Å². The third-order valence-electron chi connectivity index (χ3n) is 4.36. The molecule has 0 bridgehead atoms. The minimum Gasteiger partial charge on any atom is -0.247 e. The Hall–Kier alpha value is -1.62. The maximum atomic E-state index is 11.9. The highest BCUT2D eigenvalue weighted by atomic mass is 19.1. The van der Waals surface area contributed by atoms with E-state index < -0.39 is 0 Å². The molecule has 0 atom stereocenters. The highest BCUT2D eigenvalue weighted by Crippen LogP contribution is 2.37. The molecule has 0 spiro atoms. The number of rotatable bonds is 5. The molecule has 1 aliphatic carbocycles. The second-order valence-corrected chi connectivity index (χ2v) is 5.65. The predicted molar refractivity (Wildman–Crippen MR) is 80.2 cm³/mol. The van der Waals surface area contributed by atoms with Crippen LogP contribution in [0.15, 0.2) is 36.4 Å². The first kappa shape index (κ1) is 14.8. The summed E-state index contributed by atoms with van der Waals surface area (Å²) in [5.74, 6) is 1.45. The van der Waals surface area contributed by atoms with Gasteiger partial charge in [-0.25, -0.2) is 4.39 Å². The van der Waals surface area contributed by atoms with Gasteiger partial charge in [0.2, 0.25) is 0 Å². The summed E-state index contributed by atoms with van der Waals surface area (Å²) in [5.41, 5.74) is 2.11. The minimum atomic E-state index is -0.342. The normalized spacial score (nSPS) is 22.8. The van der Waals surface area contributed by atoms with Crippen LogP contribution in [0, 0.1) is 17.2 Å². The molecule has 0 heterocycles. The van der Waals surface area contributed by atoms with Crippen LogP contribution in [0.5, 0.6) is 0 Å². The first-order valence-corrected chi connectivity index (χ1v) is 7.54. The van der Waals surface area contributed by atoms with E-state index in [1.807, 2.05) is 18.2 Å². The highest BCUT2D eigenvalue weighted by molar-refractivity contribution is 5.33. The fourth-order valence-corrected chi connectivity index (χ4v) is 3.13. The maximum absolute atomic E-state index is 11.9. The monoisotopic (exact) mass is 271 g/mol. The van der Waals surface area contributed by atoms with Gasteiger partial charge in [0.05, 0.1) is 11.6 Å². The van der Waals surface area contributed by atoms with Crippen LogP contribution in [-0.2, 0) is 0 Å². The van der Waals surface area contributed by atoms with Crippen molar-refractivity contribution < 1.29 is 4.39 Å². The molecule has 0 aliphatic heterocycles. The van der Waals surface area contributed by atoms with Crippen molar-refractivity contribution in [2.24, 2.45) is 5.92 Å². The number of allylic oxidation sites excluding steroid dienone is 2. The van der Waals surface area contributed by atoms with Crippen LogP contribution in [-0.4, -0.2) is 6.67 Å². The van der Waals surface area contributed by atoms with E-state index in [1.54, 1.807) is 6.08 Å². The second kappa shape index (κ2) is 7.85. The first-order valence-electron chi connectivity index (χ1n) is 7.54. The average Bonchev–Trinajstić information content (AvgIpc) is 2.52. The van der Waals surface area contributed by atoms with Gasteiger partial charge in [0, 0.05) is 0 Å². The summed E-state index contributed by atoms with van der Waals surface area (Å²) in [7, 11) is 0. The Kier molecular flexibility index (Phi) is 5.80. The Balaban J connectivity index is 1.78. The van der Waals surface area contributed by atoms with Gasteiger partial charge in [0.15, 0.2) is 0 Å². The molecule has 0 saturated heterocycles.